The first kappa shape index (κ1) is 19.6. The van der Waals surface area contributed by atoms with Crippen molar-refractivity contribution in [2.75, 3.05) is 26.8 Å². The van der Waals surface area contributed by atoms with Gasteiger partial charge in [-0.3, -0.25) is 20.4 Å². The monoisotopic (exact) mass is 363 g/mol. The summed E-state index contributed by atoms with van der Waals surface area (Å²) in [6.07, 6.45) is 1.12. The molecule has 1 aliphatic rings. The zero-order valence-corrected chi connectivity index (χ0v) is 15.1. The maximum absolute atomic E-state index is 12.2. The minimum atomic E-state index is -0.409. The Bertz CT molecular complexity index is 632. The minimum Gasteiger partial charge on any atom is -0.497 e. The van der Waals surface area contributed by atoms with Crippen molar-refractivity contribution >= 4 is 17.9 Å². The molecule has 8 heteroatoms. The number of benzene rings is 1. The number of hydrogen-bond acceptors (Lipinski definition) is 5. The molecule has 3 amide bonds. The summed E-state index contributed by atoms with van der Waals surface area (Å²) < 4.78 is 10.0. The third-order valence-corrected chi connectivity index (χ3v) is 4.17. The first-order valence-electron chi connectivity index (χ1n) is 8.66. The van der Waals surface area contributed by atoms with Crippen molar-refractivity contribution in [1.29, 1.82) is 0 Å². The second kappa shape index (κ2) is 9.65. The number of nitrogens with one attached hydrogen (secondary N) is 2. The first-order chi connectivity index (χ1) is 12.5. The van der Waals surface area contributed by atoms with E-state index in [0.29, 0.717) is 31.9 Å². The number of rotatable bonds is 5. The largest absolute Gasteiger partial charge is 0.497 e. The minimum absolute atomic E-state index is 0.143. The lowest BCUT2D eigenvalue weighted by Crippen LogP contribution is -2.50. The van der Waals surface area contributed by atoms with Crippen molar-refractivity contribution in [3.63, 3.8) is 0 Å². The Morgan fingerprint density at radius 1 is 1.19 bits per heavy atom. The van der Waals surface area contributed by atoms with Crippen molar-refractivity contribution < 1.29 is 23.9 Å². The van der Waals surface area contributed by atoms with Gasteiger partial charge >= 0.3 is 6.09 Å². The Hall–Kier alpha value is -2.77. The van der Waals surface area contributed by atoms with Crippen LogP contribution in [0.2, 0.25) is 0 Å². The lowest BCUT2D eigenvalue weighted by Gasteiger charge is -2.31. The molecule has 26 heavy (non-hydrogen) atoms. The Morgan fingerprint density at radius 3 is 2.58 bits per heavy atom. The molecular weight excluding hydrogens is 338 g/mol. The molecule has 0 bridgehead atoms. The SMILES string of the molecule is CCOC(=O)N1CCCC(C(=O)NNC(=O)Cc2ccc(OC)cc2)C1. The van der Waals surface area contributed by atoms with Crippen LogP contribution in [0.25, 0.3) is 0 Å². The van der Waals surface area contributed by atoms with E-state index in [2.05, 4.69) is 10.9 Å². The van der Waals surface area contributed by atoms with Gasteiger partial charge in [-0.25, -0.2) is 4.79 Å². The maximum Gasteiger partial charge on any atom is 0.409 e. The smallest absolute Gasteiger partial charge is 0.409 e. The Morgan fingerprint density at radius 2 is 1.92 bits per heavy atom. The van der Waals surface area contributed by atoms with E-state index in [4.69, 9.17) is 9.47 Å². The number of ether oxygens (including phenoxy) is 2. The van der Waals surface area contributed by atoms with Crippen LogP contribution in [0.3, 0.4) is 0 Å². The predicted molar refractivity (Wildman–Crippen MR) is 94.3 cm³/mol. The van der Waals surface area contributed by atoms with Crippen LogP contribution in [0.15, 0.2) is 24.3 Å². The summed E-state index contributed by atoms with van der Waals surface area (Å²) >= 11 is 0. The van der Waals surface area contributed by atoms with Gasteiger partial charge in [0.25, 0.3) is 0 Å². The van der Waals surface area contributed by atoms with Gasteiger partial charge in [0.1, 0.15) is 5.75 Å². The zero-order valence-electron chi connectivity index (χ0n) is 15.1. The van der Waals surface area contributed by atoms with E-state index in [0.717, 1.165) is 12.0 Å². The summed E-state index contributed by atoms with van der Waals surface area (Å²) in [7, 11) is 1.57. The van der Waals surface area contributed by atoms with Crippen LogP contribution < -0.4 is 15.6 Å². The molecule has 1 aliphatic heterocycles. The number of piperidine rings is 1. The quantitative estimate of drug-likeness (QED) is 0.768. The second-order valence-corrected chi connectivity index (χ2v) is 6.05. The van der Waals surface area contributed by atoms with Crippen LogP contribution in [0, 0.1) is 5.92 Å². The highest BCUT2D eigenvalue weighted by Crippen LogP contribution is 2.17. The lowest BCUT2D eigenvalue weighted by atomic mass is 9.98. The fourth-order valence-corrected chi connectivity index (χ4v) is 2.78. The molecule has 1 aromatic rings. The van der Waals surface area contributed by atoms with E-state index in [1.165, 1.54) is 4.90 Å². The third-order valence-electron chi connectivity index (χ3n) is 4.17. The molecule has 1 aromatic carbocycles. The van der Waals surface area contributed by atoms with Gasteiger partial charge in [0.15, 0.2) is 0 Å². The first-order valence-corrected chi connectivity index (χ1v) is 8.66. The van der Waals surface area contributed by atoms with Gasteiger partial charge in [-0.1, -0.05) is 12.1 Å². The van der Waals surface area contributed by atoms with Crippen molar-refractivity contribution in [3.05, 3.63) is 29.8 Å². The third kappa shape index (κ3) is 5.65. The van der Waals surface area contributed by atoms with Crippen molar-refractivity contribution in [1.82, 2.24) is 15.8 Å². The highest BCUT2D eigenvalue weighted by Gasteiger charge is 2.29. The van der Waals surface area contributed by atoms with E-state index >= 15 is 0 Å². The molecule has 1 atom stereocenters. The molecule has 1 fully saturated rings. The number of hydrogen-bond donors (Lipinski definition) is 2. The van der Waals surface area contributed by atoms with Gasteiger partial charge < -0.3 is 14.4 Å². The normalized spacial score (nSPS) is 16.5. The predicted octanol–water partition coefficient (Wildman–Crippen LogP) is 1.25. The average molecular weight is 363 g/mol. The van der Waals surface area contributed by atoms with Gasteiger partial charge in [0.05, 0.1) is 26.1 Å². The Kier molecular flexibility index (Phi) is 7.25. The van der Waals surface area contributed by atoms with Crippen molar-refractivity contribution in [2.45, 2.75) is 26.2 Å². The number of carbonyl (C=O) groups is 3. The van der Waals surface area contributed by atoms with Gasteiger partial charge in [-0.2, -0.15) is 0 Å². The molecule has 0 radical (unpaired) electrons. The zero-order chi connectivity index (χ0) is 18.9. The molecular formula is C18H25N3O5. The Labute approximate surface area is 152 Å². The highest BCUT2D eigenvalue weighted by atomic mass is 16.6. The summed E-state index contributed by atoms with van der Waals surface area (Å²) in [6, 6.07) is 7.12. The van der Waals surface area contributed by atoms with E-state index < -0.39 is 6.09 Å². The molecule has 1 unspecified atom stereocenters. The average Bonchev–Trinajstić information content (AvgIpc) is 2.67. The fourth-order valence-electron chi connectivity index (χ4n) is 2.78. The molecule has 0 aromatic heterocycles. The second-order valence-electron chi connectivity index (χ2n) is 6.05. The van der Waals surface area contributed by atoms with Crippen LogP contribution in [-0.4, -0.2) is 49.6 Å². The summed E-state index contributed by atoms with van der Waals surface area (Å²) in [6.45, 7) is 2.91. The van der Waals surface area contributed by atoms with Gasteiger partial charge in [0.2, 0.25) is 11.8 Å². The van der Waals surface area contributed by atoms with Crippen LogP contribution in [0.1, 0.15) is 25.3 Å². The molecule has 0 aliphatic carbocycles. The fraction of sp³-hybridized carbons (Fsp3) is 0.500. The van der Waals surface area contributed by atoms with Gasteiger partial charge in [-0.15, -0.1) is 0 Å². The standard InChI is InChI=1S/C18H25N3O5/c1-3-26-18(24)21-10-4-5-14(12-21)17(23)20-19-16(22)11-13-6-8-15(25-2)9-7-13/h6-9,14H,3-5,10-12H2,1-2H3,(H,19,22)(H,20,23). The van der Waals surface area contributed by atoms with Crippen LogP contribution >= 0.6 is 0 Å². The summed E-state index contributed by atoms with van der Waals surface area (Å²) in [5.74, 6) is -0.274. The van der Waals surface area contributed by atoms with E-state index in [1.807, 2.05) is 0 Å². The Balaban J connectivity index is 1.77. The number of nitrogens with zero attached hydrogens (tertiary/aromatic N) is 1. The summed E-state index contributed by atoms with van der Waals surface area (Å²) in [5.41, 5.74) is 5.68. The molecule has 2 rings (SSSR count). The number of amides is 3. The van der Waals surface area contributed by atoms with E-state index in [9.17, 15) is 14.4 Å². The highest BCUT2D eigenvalue weighted by molar-refractivity contribution is 5.84. The van der Waals surface area contributed by atoms with Gasteiger partial charge in [-0.05, 0) is 37.5 Å². The topological polar surface area (TPSA) is 97.0 Å². The van der Waals surface area contributed by atoms with Crippen molar-refractivity contribution in [2.24, 2.45) is 5.92 Å². The van der Waals surface area contributed by atoms with Crippen molar-refractivity contribution in [3.8, 4) is 5.75 Å². The van der Waals surface area contributed by atoms with Crippen LogP contribution in [-0.2, 0) is 20.7 Å². The van der Waals surface area contributed by atoms with Crippen LogP contribution in [0.5, 0.6) is 5.75 Å². The number of likely N-dealkylation sites (tertiary alicyclic amines) is 1. The lowest BCUT2D eigenvalue weighted by molar-refractivity contribution is -0.132. The van der Waals surface area contributed by atoms with Gasteiger partial charge in [0, 0.05) is 13.1 Å². The summed E-state index contributed by atoms with van der Waals surface area (Å²) in [4.78, 5) is 37.5. The number of carbonyl (C=O) groups excluding carboxylic acids is 3. The molecule has 142 valence electrons. The van der Waals surface area contributed by atoms with E-state index in [1.54, 1.807) is 38.3 Å². The maximum atomic E-state index is 12.2. The molecule has 1 heterocycles. The molecule has 8 nitrogen and oxygen atoms in total. The molecule has 0 spiro atoms. The van der Waals surface area contributed by atoms with E-state index in [-0.39, 0.29) is 24.2 Å². The number of hydrazine groups is 1. The molecule has 0 saturated carbocycles. The molecule has 2 N–H and O–H groups in total. The molecule has 1 saturated heterocycles. The summed E-state index contributed by atoms with van der Waals surface area (Å²) in [5, 5.41) is 0. The number of methoxy groups -OCH3 is 1. The van der Waals surface area contributed by atoms with Crippen LogP contribution in [0.4, 0.5) is 4.79 Å².